The van der Waals surface area contributed by atoms with E-state index in [4.69, 9.17) is 9.47 Å². The maximum atomic E-state index is 12.8. The zero-order valence-corrected chi connectivity index (χ0v) is 17.2. The Labute approximate surface area is 174 Å². The molecule has 1 N–H and O–H groups in total. The number of fused-ring (bicyclic) bond motifs is 1. The van der Waals surface area contributed by atoms with Gasteiger partial charge in [0.25, 0.3) is 11.5 Å². The van der Waals surface area contributed by atoms with Gasteiger partial charge in [-0.2, -0.15) is 10.2 Å². The molecular formula is C22H24N4O4. The molecule has 8 nitrogen and oxygen atoms in total. The Balaban J connectivity index is 1.91. The molecule has 3 rings (SSSR count). The molecule has 156 valence electrons. The van der Waals surface area contributed by atoms with Crippen molar-refractivity contribution in [3.05, 3.63) is 64.1 Å². The van der Waals surface area contributed by atoms with Crippen LogP contribution in [-0.2, 0) is 6.54 Å². The van der Waals surface area contributed by atoms with E-state index in [9.17, 15) is 9.59 Å². The fourth-order valence-corrected chi connectivity index (χ4v) is 3.09. The number of benzene rings is 2. The summed E-state index contributed by atoms with van der Waals surface area (Å²) in [6, 6.07) is 12.3. The fraction of sp³-hybridized carbons (Fsp3) is 0.273. The summed E-state index contributed by atoms with van der Waals surface area (Å²) in [5, 5.41) is 9.27. The average Bonchev–Trinajstić information content (AvgIpc) is 2.78. The minimum absolute atomic E-state index is 0.149. The van der Waals surface area contributed by atoms with E-state index in [1.54, 1.807) is 49.6 Å². The number of nitrogens with zero attached hydrogens (tertiary/aromatic N) is 3. The predicted octanol–water partition coefficient (Wildman–Crippen LogP) is 2.98. The molecule has 0 aliphatic rings. The zero-order chi connectivity index (χ0) is 21.5. The van der Waals surface area contributed by atoms with E-state index in [2.05, 4.69) is 15.6 Å². The predicted molar refractivity (Wildman–Crippen MR) is 116 cm³/mol. The molecule has 0 aliphatic heterocycles. The van der Waals surface area contributed by atoms with Crippen LogP contribution >= 0.6 is 0 Å². The summed E-state index contributed by atoms with van der Waals surface area (Å²) in [6.07, 6.45) is 3.17. The zero-order valence-electron chi connectivity index (χ0n) is 17.2. The molecule has 1 heterocycles. The van der Waals surface area contributed by atoms with Gasteiger partial charge in [0.15, 0.2) is 17.2 Å². The van der Waals surface area contributed by atoms with E-state index in [1.165, 1.54) is 18.0 Å². The van der Waals surface area contributed by atoms with E-state index in [1.807, 2.05) is 6.92 Å². The molecule has 1 amide bonds. The Morgan fingerprint density at radius 1 is 1.13 bits per heavy atom. The number of carbonyl (C=O) groups excluding carboxylic acids is 1. The Bertz CT molecular complexity index is 1140. The Morgan fingerprint density at radius 3 is 2.60 bits per heavy atom. The molecule has 0 aliphatic carbocycles. The van der Waals surface area contributed by atoms with Gasteiger partial charge in [-0.05, 0) is 24.6 Å². The summed E-state index contributed by atoms with van der Waals surface area (Å²) in [7, 11) is 3.08. The largest absolute Gasteiger partial charge is 0.493 e. The molecule has 0 saturated heterocycles. The van der Waals surface area contributed by atoms with Crippen molar-refractivity contribution >= 4 is 22.9 Å². The number of rotatable bonds is 8. The first-order valence-electron chi connectivity index (χ1n) is 9.65. The van der Waals surface area contributed by atoms with Gasteiger partial charge in [0.1, 0.15) is 0 Å². The molecule has 0 bridgehead atoms. The second-order valence-electron chi connectivity index (χ2n) is 6.56. The molecule has 0 unspecified atom stereocenters. The minimum atomic E-state index is -0.505. The number of aryl methyl sites for hydroxylation is 1. The maximum Gasteiger partial charge on any atom is 0.292 e. The first-order chi connectivity index (χ1) is 14.6. The van der Waals surface area contributed by atoms with Crippen LogP contribution in [0.1, 0.15) is 35.8 Å². The second kappa shape index (κ2) is 9.69. The van der Waals surface area contributed by atoms with Crippen molar-refractivity contribution in [2.24, 2.45) is 5.10 Å². The Morgan fingerprint density at radius 2 is 1.90 bits per heavy atom. The molecule has 1 aromatic heterocycles. The van der Waals surface area contributed by atoms with E-state index in [0.717, 1.165) is 12.8 Å². The number of aromatic nitrogens is 2. The number of unbranched alkanes of at least 4 members (excludes halogenated alkanes) is 1. The van der Waals surface area contributed by atoms with Crippen molar-refractivity contribution in [3.63, 3.8) is 0 Å². The molecule has 0 atom stereocenters. The van der Waals surface area contributed by atoms with E-state index in [0.29, 0.717) is 34.4 Å². The van der Waals surface area contributed by atoms with Crippen molar-refractivity contribution in [3.8, 4) is 11.5 Å². The average molecular weight is 408 g/mol. The van der Waals surface area contributed by atoms with Crippen LogP contribution in [0.2, 0.25) is 0 Å². The summed E-state index contributed by atoms with van der Waals surface area (Å²) in [5.41, 5.74) is 3.07. The van der Waals surface area contributed by atoms with Crippen molar-refractivity contribution < 1.29 is 14.3 Å². The molecule has 30 heavy (non-hydrogen) atoms. The van der Waals surface area contributed by atoms with Crippen LogP contribution in [0.5, 0.6) is 11.5 Å². The van der Waals surface area contributed by atoms with Gasteiger partial charge in [-0.15, -0.1) is 0 Å². The van der Waals surface area contributed by atoms with Crippen LogP contribution in [-0.4, -0.2) is 36.1 Å². The van der Waals surface area contributed by atoms with Gasteiger partial charge in [0, 0.05) is 17.5 Å². The first kappa shape index (κ1) is 21.0. The number of hydrazone groups is 1. The Hall–Kier alpha value is -3.68. The van der Waals surface area contributed by atoms with E-state index >= 15 is 0 Å². The molecule has 0 radical (unpaired) electrons. The third kappa shape index (κ3) is 4.32. The molecule has 2 aromatic carbocycles. The molecule has 0 saturated carbocycles. The summed E-state index contributed by atoms with van der Waals surface area (Å²) in [6.45, 7) is 2.48. The number of para-hydroxylation sites is 1. The number of methoxy groups -OCH3 is 2. The highest BCUT2D eigenvalue weighted by Crippen LogP contribution is 2.29. The van der Waals surface area contributed by atoms with Crippen LogP contribution in [0.15, 0.2) is 52.4 Å². The van der Waals surface area contributed by atoms with Crippen LogP contribution in [0.4, 0.5) is 0 Å². The van der Waals surface area contributed by atoms with Crippen molar-refractivity contribution in [1.29, 1.82) is 0 Å². The normalized spacial score (nSPS) is 11.0. The summed E-state index contributed by atoms with van der Waals surface area (Å²) in [4.78, 5) is 25.5. The molecule has 0 fully saturated rings. The number of carbonyl (C=O) groups is 1. The third-order valence-electron chi connectivity index (χ3n) is 4.61. The van der Waals surface area contributed by atoms with Gasteiger partial charge in [0.05, 0.1) is 25.8 Å². The monoisotopic (exact) mass is 408 g/mol. The minimum Gasteiger partial charge on any atom is -0.493 e. The number of nitrogens with one attached hydrogen (secondary N) is 1. The molecular weight excluding hydrogens is 384 g/mol. The summed E-state index contributed by atoms with van der Waals surface area (Å²) in [5.74, 6) is 0.563. The SMILES string of the molecule is CCCCn1nc(C(=O)N/N=C\c2cccc(OC)c2OC)c2ccccc2c1=O. The fourth-order valence-electron chi connectivity index (χ4n) is 3.09. The van der Waals surface area contributed by atoms with Crippen molar-refractivity contribution in [1.82, 2.24) is 15.2 Å². The number of amides is 1. The third-order valence-corrected chi connectivity index (χ3v) is 4.61. The van der Waals surface area contributed by atoms with Gasteiger partial charge in [0.2, 0.25) is 0 Å². The topological polar surface area (TPSA) is 94.8 Å². The molecule has 0 spiro atoms. The standard InChI is InChI=1S/C22H24N4O4/c1-4-5-13-26-22(28)17-11-7-6-10-16(17)19(25-26)21(27)24-23-14-15-9-8-12-18(29-2)20(15)30-3/h6-12,14H,4-5,13H2,1-3H3,(H,24,27)/b23-14-. The summed E-state index contributed by atoms with van der Waals surface area (Å²) >= 11 is 0. The second-order valence-corrected chi connectivity index (χ2v) is 6.56. The highest BCUT2D eigenvalue weighted by atomic mass is 16.5. The number of hydrogen-bond donors (Lipinski definition) is 1. The van der Waals surface area contributed by atoms with Crippen LogP contribution in [0, 0.1) is 0 Å². The highest BCUT2D eigenvalue weighted by Gasteiger charge is 2.16. The van der Waals surface area contributed by atoms with Crippen LogP contribution in [0.25, 0.3) is 10.8 Å². The lowest BCUT2D eigenvalue weighted by Crippen LogP contribution is -2.29. The van der Waals surface area contributed by atoms with E-state index in [-0.39, 0.29) is 11.3 Å². The lowest BCUT2D eigenvalue weighted by Gasteiger charge is -2.10. The van der Waals surface area contributed by atoms with Crippen molar-refractivity contribution in [2.45, 2.75) is 26.3 Å². The Kier molecular flexibility index (Phi) is 6.79. The smallest absolute Gasteiger partial charge is 0.292 e. The van der Waals surface area contributed by atoms with Crippen LogP contribution in [0.3, 0.4) is 0 Å². The van der Waals surface area contributed by atoms with Gasteiger partial charge >= 0.3 is 0 Å². The number of hydrogen-bond acceptors (Lipinski definition) is 6. The van der Waals surface area contributed by atoms with E-state index < -0.39 is 5.91 Å². The quantitative estimate of drug-likeness (QED) is 0.457. The summed E-state index contributed by atoms with van der Waals surface area (Å²) < 4.78 is 12.0. The van der Waals surface area contributed by atoms with Gasteiger partial charge in [-0.25, -0.2) is 10.1 Å². The molecule has 8 heteroatoms. The van der Waals surface area contributed by atoms with Crippen LogP contribution < -0.4 is 20.5 Å². The van der Waals surface area contributed by atoms with Crippen molar-refractivity contribution in [2.75, 3.05) is 14.2 Å². The lowest BCUT2D eigenvalue weighted by molar-refractivity contribution is 0.0949. The van der Waals surface area contributed by atoms with Gasteiger partial charge < -0.3 is 9.47 Å². The first-order valence-corrected chi connectivity index (χ1v) is 9.65. The van der Waals surface area contributed by atoms with Gasteiger partial charge in [-0.3, -0.25) is 9.59 Å². The van der Waals surface area contributed by atoms with Gasteiger partial charge in [-0.1, -0.05) is 37.6 Å². The lowest BCUT2D eigenvalue weighted by atomic mass is 10.1. The maximum absolute atomic E-state index is 12.8. The number of ether oxygens (including phenoxy) is 2. The molecule has 3 aromatic rings. The highest BCUT2D eigenvalue weighted by molar-refractivity contribution is 6.05.